The minimum absolute atomic E-state index is 0.168. The van der Waals surface area contributed by atoms with E-state index in [2.05, 4.69) is 33.3 Å². The normalized spacial score (nSPS) is 24.6. The molecule has 0 saturated carbocycles. The van der Waals surface area contributed by atoms with Gasteiger partial charge in [0.05, 0.1) is 6.67 Å². The van der Waals surface area contributed by atoms with Gasteiger partial charge in [-0.3, -0.25) is 14.6 Å². The molecule has 8 heteroatoms. The molecule has 2 saturated heterocycles. The fourth-order valence-corrected chi connectivity index (χ4v) is 5.49. The first-order valence-electron chi connectivity index (χ1n) is 12.1. The third-order valence-corrected chi connectivity index (χ3v) is 7.60. The summed E-state index contributed by atoms with van der Waals surface area (Å²) in [5, 5.41) is 2.97. The molecular weight excluding hydrogens is 432 g/mol. The molecule has 2 aromatic rings. The summed E-state index contributed by atoms with van der Waals surface area (Å²) in [7, 11) is 0. The number of nitrogens with zero attached hydrogens (tertiary/aromatic N) is 3. The zero-order chi connectivity index (χ0) is 23.3. The van der Waals surface area contributed by atoms with Crippen molar-refractivity contribution in [1.29, 1.82) is 0 Å². The second-order valence-corrected chi connectivity index (χ2v) is 9.85. The number of fused-ring (bicyclic) bond motifs is 2. The molecule has 2 aromatic carbocycles. The molecule has 1 unspecified atom stereocenters. The molecule has 1 aliphatic carbocycles. The van der Waals surface area contributed by atoms with Crippen molar-refractivity contribution in [2.75, 3.05) is 39.6 Å². The standard InChI is InChI=1S/C26H30N4O4/c1-26(21-7-6-19-3-2-4-20(19)14-21)24(31)30(25(32)27-26)16-29-11-9-28(10-12-29)15-18-5-8-22-23(13-18)34-17-33-22/h5-8,13-14H,2-4,9-12,15-17H2,1H3,(H,27,32). The van der Waals surface area contributed by atoms with E-state index < -0.39 is 5.54 Å². The minimum atomic E-state index is -1.00. The summed E-state index contributed by atoms with van der Waals surface area (Å²) in [6, 6.07) is 12.0. The van der Waals surface area contributed by atoms with Gasteiger partial charge in [0, 0.05) is 32.7 Å². The van der Waals surface area contributed by atoms with E-state index in [4.69, 9.17) is 9.47 Å². The lowest BCUT2D eigenvalue weighted by molar-refractivity contribution is -0.132. The monoisotopic (exact) mass is 462 g/mol. The topological polar surface area (TPSA) is 74.4 Å². The smallest absolute Gasteiger partial charge is 0.326 e. The maximum absolute atomic E-state index is 13.4. The van der Waals surface area contributed by atoms with Crippen molar-refractivity contribution < 1.29 is 19.1 Å². The predicted molar refractivity (Wildman–Crippen MR) is 125 cm³/mol. The number of imide groups is 1. The second-order valence-electron chi connectivity index (χ2n) is 9.85. The highest BCUT2D eigenvalue weighted by molar-refractivity contribution is 6.07. The number of piperazine rings is 1. The van der Waals surface area contributed by atoms with Crippen molar-refractivity contribution in [2.24, 2.45) is 0 Å². The average Bonchev–Trinajstić information content (AvgIpc) is 3.55. The van der Waals surface area contributed by atoms with E-state index >= 15 is 0 Å². The fraction of sp³-hybridized carbons (Fsp3) is 0.462. The highest BCUT2D eigenvalue weighted by Crippen LogP contribution is 2.34. The van der Waals surface area contributed by atoms with E-state index in [1.54, 1.807) is 0 Å². The lowest BCUT2D eigenvalue weighted by Crippen LogP contribution is -2.51. The molecule has 4 aliphatic rings. The van der Waals surface area contributed by atoms with Crippen LogP contribution in [-0.4, -0.2) is 66.3 Å². The molecule has 1 N–H and O–H groups in total. The molecule has 3 amide bonds. The van der Waals surface area contributed by atoms with E-state index in [0.717, 1.165) is 69.0 Å². The number of urea groups is 1. The van der Waals surface area contributed by atoms with Gasteiger partial charge in [0.1, 0.15) is 5.54 Å². The molecule has 3 heterocycles. The van der Waals surface area contributed by atoms with Crippen molar-refractivity contribution in [3.05, 3.63) is 58.7 Å². The number of ether oxygens (including phenoxy) is 2. The molecule has 178 valence electrons. The van der Waals surface area contributed by atoms with E-state index in [-0.39, 0.29) is 18.7 Å². The van der Waals surface area contributed by atoms with Crippen LogP contribution in [0.4, 0.5) is 4.79 Å². The molecule has 3 aliphatic heterocycles. The molecule has 0 spiro atoms. The Bertz CT molecular complexity index is 1140. The summed E-state index contributed by atoms with van der Waals surface area (Å²) >= 11 is 0. The van der Waals surface area contributed by atoms with Crippen LogP contribution in [0.3, 0.4) is 0 Å². The van der Waals surface area contributed by atoms with Gasteiger partial charge >= 0.3 is 6.03 Å². The van der Waals surface area contributed by atoms with Crippen molar-refractivity contribution in [3.63, 3.8) is 0 Å². The summed E-state index contributed by atoms with van der Waals surface area (Å²) in [6.07, 6.45) is 3.30. The van der Waals surface area contributed by atoms with Crippen LogP contribution in [0, 0.1) is 0 Å². The van der Waals surface area contributed by atoms with Crippen LogP contribution in [0.15, 0.2) is 36.4 Å². The summed E-state index contributed by atoms with van der Waals surface area (Å²) in [6.45, 7) is 6.63. The van der Waals surface area contributed by atoms with E-state index in [1.807, 2.05) is 25.1 Å². The summed E-state index contributed by atoms with van der Waals surface area (Å²) in [5.74, 6) is 1.44. The molecule has 0 radical (unpaired) electrons. The third-order valence-electron chi connectivity index (χ3n) is 7.60. The molecule has 34 heavy (non-hydrogen) atoms. The zero-order valence-corrected chi connectivity index (χ0v) is 19.5. The first kappa shape index (κ1) is 21.4. The number of amides is 3. The highest BCUT2D eigenvalue weighted by Gasteiger charge is 2.49. The lowest BCUT2D eigenvalue weighted by Gasteiger charge is -2.36. The Balaban J connectivity index is 1.07. The number of nitrogens with one attached hydrogen (secondary N) is 1. The maximum atomic E-state index is 13.4. The highest BCUT2D eigenvalue weighted by atomic mass is 16.7. The van der Waals surface area contributed by atoms with Gasteiger partial charge in [-0.05, 0) is 60.6 Å². The van der Waals surface area contributed by atoms with Crippen molar-refractivity contribution in [2.45, 2.75) is 38.3 Å². The Morgan fingerprint density at radius 2 is 1.68 bits per heavy atom. The minimum Gasteiger partial charge on any atom is -0.454 e. The Labute approximate surface area is 199 Å². The molecule has 6 rings (SSSR count). The molecule has 0 aromatic heterocycles. The van der Waals surface area contributed by atoms with Gasteiger partial charge in [0.15, 0.2) is 11.5 Å². The third kappa shape index (κ3) is 3.71. The van der Waals surface area contributed by atoms with E-state index in [1.165, 1.54) is 21.6 Å². The van der Waals surface area contributed by atoms with Crippen LogP contribution in [0.2, 0.25) is 0 Å². The lowest BCUT2D eigenvalue weighted by atomic mass is 9.90. The van der Waals surface area contributed by atoms with Crippen LogP contribution >= 0.6 is 0 Å². The largest absolute Gasteiger partial charge is 0.454 e. The molecular formula is C26H30N4O4. The second kappa shape index (κ2) is 8.29. The molecule has 8 nitrogen and oxygen atoms in total. The summed E-state index contributed by atoms with van der Waals surface area (Å²) in [5.41, 5.74) is 3.73. The Morgan fingerprint density at radius 1 is 0.912 bits per heavy atom. The Kier molecular flexibility index (Phi) is 5.22. The van der Waals surface area contributed by atoms with Crippen molar-refractivity contribution in [1.82, 2.24) is 20.0 Å². The van der Waals surface area contributed by atoms with Gasteiger partial charge in [-0.2, -0.15) is 0 Å². The molecule has 0 bridgehead atoms. The van der Waals surface area contributed by atoms with Crippen LogP contribution in [0.25, 0.3) is 0 Å². The van der Waals surface area contributed by atoms with E-state index in [0.29, 0.717) is 6.67 Å². The van der Waals surface area contributed by atoms with Gasteiger partial charge in [0.2, 0.25) is 6.79 Å². The van der Waals surface area contributed by atoms with Gasteiger partial charge < -0.3 is 14.8 Å². The van der Waals surface area contributed by atoms with Crippen molar-refractivity contribution in [3.8, 4) is 11.5 Å². The van der Waals surface area contributed by atoms with E-state index in [9.17, 15) is 9.59 Å². The number of hydrogen-bond donors (Lipinski definition) is 1. The maximum Gasteiger partial charge on any atom is 0.326 e. The first-order chi connectivity index (χ1) is 16.5. The van der Waals surface area contributed by atoms with Crippen LogP contribution in [0.5, 0.6) is 11.5 Å². The molecule has 1 atom stereocenters. The van der Waals surface area contributed by atoms with Crippen LogP contribution < -0.4 is 14.8 Å². The first-order valence-corrected chi connectivity index (χ1v) is 12.1. The Hall–Kier alpha value is -3.10. The fourth-order valence-electron chi connectivity index (χ4n) is 5.49. The SMILES string of the molecule is CC1(c2ccc3c(c2)CCC3)NC(=O)N(CN2CCN(Cc3ccc4c(c3)OCO4)CC2)C1=O. The Morgan fingerprint density at radius 3 is 2.53 bits per heavy atom. The number of hydrogen-bond acceptors (Lipinski definition) is 6. The van der Waals surface area contributed by atoms with Gasteiger partial charge in [-0.25, -0.2) is 9.69 Å². The number of benzene rings is 2. The zero-order valence-electron chi connectivity index (χ0n) is 19.5. The van der Waals surface area contributed by atoms with Crippen molar-refractivity contribution >= 4 is 11.9 Å². The number of aryl methyl sites for hydroxylation is 2. The number of carbonyl (C=O) groups excluding carboxylic acids is 2. The summed E-state index contributed by atoms with van der Waals surface area (Å²) < 4.78 is 10.9. The van der Waals surface area contributed by atoms with Gasteiger partial charge in [-0.15, -0.1) is 0 Å². The van der Waals surface area contributed by atoms with Crippen LogP contribution in [0.1, 0.15) is 35.6 Å². The van der Waals surface area contributed by atoms with Gasteiger partial charge in [-0.1, -0.05) is 24.3 Å². The summed E-state index contributed by atoms with van der Waals surface area (Å²) in [4.78, 5) is 32.2. The quantitative estimate of drug-likeness (QED) is 0.688. The predicted octanol–water partition coefficient (Wildman–Crippen LogP) is 2.45. The number of carbonyl (C=O) groups is 2. The van der Waals surface area contributed by atoms with Crippen LogP contribution in [-0.2, 0) is 29.7 Å². The molecule has 2 fully saturated rings. The van der Waals surface area contributed by atoms with Gasteiger partial charge in [0.25, 0.3) is 5.91 Å². The number of rotatable bonds is 5. The average molecular weight is 463 g/mol.